The van der Waals surface area contributed by atoms with Gasteiger partial charge in [0, 0.05) is 27.2 Å². The highest BCUT2D eigenvalue weighted by Gasteiger charge is 1.96. The van der Waals surface area contributed by atoms with Crippen LogP contribution in [0.2, 0.25) is 0 Å². The lowest BCUT2D eigenvalue weighted by Crippen LogP contribution is -1.91. The monoisotopic (exact) mass is 314 g/mol. The molecule has 0 aliphatic heterocycles. The molecule has 1 N–H and O–H groups in total. The SMILES string of the molecule is Fc1cc(Nc2ccc(I)cc2)ccn1. The second-order valence-electron chi connectivity index (χ2n) is 3.00. The average molecular weight is 314 g/mol. The van der Waals surface area contributed by atoms with E-state index >= 15 is 0 Å². The first-order chi connectivity index (χ1) is 7.24. The molecule has 0 fully saturated rings. The second kappa shape index (κ2) is 4.57. The average Bonchev–Trinajstić information content (AvgIpc) is 2.22. The molecule has 0 radical (unpaired) electrons. The maximum absolute atomic E-state index is 12.8. The van der Waals surface area contributed by atoms with E-state index in [1.165, 1.54) is 15.8 Å². The zero-order valence-electron chi connectivity index (χ0n) is 7.74. The quantitative estimate of drug-likeness (QED) is 0.677. The predicted octanol–water partition coefficient (Wildman–Crippen LogP) is 3.57. The number of anilines is 2. The summed E-state index contributed by atoms with van der Waals surface area (Å²) in [6, 6.07) is 10.9. The number of nitrogens with zero attached hydrogens (tertiary/aromatic N) is 1. The highest BCUT2D eigenvalue weighted by atomic mass is 127. The summed E-state index contributed by atoms with van der Waals surface area (Å²) in [5.74, 6) is -0.481. The highest BCUT2D eigenvalue weighted by molar-refractivity contribution is 14.1. The van der Waals surface area contributed by atoms with Crippen molar-refractivity contribution in [3.63, 3.8) is 0 Å². The van der Waals surface area contributed by atoms with Crippen LogP contribution in [0, 0.1) is 9.52 Å². The molecule has 0 saturated heterocycles. The Morgan fingerprint density at radius 1 is 1.07 bits per heavy atom. The van der Waals surface area contributed by atoms with E-state index in [-0.39, 0.29) is 0 Å². The maximum Gasteiger partial charge on any atom is 0.214 e. The van der Waals surface area contributed by atoms with Gasteiger partial charge in [0.1, 0.15) is 0 Å². The van der Waals surface area contributed by atoms with Crippen LogP contribution < -0.4 is 5.32 Å². The molecule has 1 heterocycles. The number of halogens is 2. The molecule has 0 spiro atoms. The van der Waals surface area contributed by atoms with Crippen LogP contribution in [0.4, 0.5) is 15.8 Å². The minimum absolute atomic E-state index is 0.481. The largest absolute Gasteiger partial charge is 0.355 e. The number of pyridine rings is 1. The third kappa shape index (κ3) is 2.89. The smallest absolute Gasteiger partial charge is 0.214 e. The summed E-state index contributed by atoms with van der Waals surface area (Å²) in [6.45, 7) is 0. The first kappa shape index (κ1) is 10.4. The van der Waals surface area contributed by atoms with Crippen LogP contribution >= 0.6 is 22.6 Å². The first-order valence-corrected chi connectivity index (χ1v) is 5.46. The van der Waals surface area contributed by atoms with E-state index in [1.807, 2.05) is 24.3 Å². The van der Waals surface area contributed by atoms with Gasteiger partial charge in [-0.15, -0.1) is 0 Å². The topological polar surface area (TPSA) is 24.9 Å². The van der Waals surface area contributed by atoms with Gasteiger partial charge in [-0.3, -0.25) is 0 Å². The van der Waals surface area contributed by atoms with Crippen molar-refractivity contribution in [1.29, 1.82) is 0 Å². The summed E-state index contributed by atoms with van der Waals surface area (Å²) in [6.07, 6.45) is 1.43. The van der Waals surface area contributed by atoms with Crippen molar-refractivity contribution in [1.82, 2.24) is 4.98 Å². The van der Waals surface area contributed by atoms with Crippen molar-refractivity contribution in [2.24, 2.45) is 0 Å². The van der Waals surface area contributed by atoms with Crippen LogP contribution in [-0.4, -0.2) is 4.98 Å². The molecule has 15 heavy (non-hydrogen) atoms. The lowest BCUT2D eigenvalue weighted by atomic mass is 10.3. The van der Waals surface area contributed by atoms with Crippen molar-refractivity contribution < 1.29 is 4.39 Å². The first-order valence-electron chi connectivity index (χ1n) is 4.38. The molecule has 0 unspecified atom stereocenters. The third-order valence-corrected chi connectivity index (χ3v) is 2.58. The van der Waals surface area contributed by atoms with Gasteiger partial charge in [0.15, 0.2) is 0 Å². The number of benzene rings is 1. The van der Waals surface area contributed by atoms with E-state index in [0.29, 0.717) is 5.69 Å². The Labute approximate surface area is 101 Å². The van der Waals surface area contributed by atoms with Gasteiger partial charge in [0.2, 0.25) is 5.95 Å². The zero-order chi connectivity index (χ0) is 10.7. The molecular formula is C11H8FIN2. The Kier molecular flexibility index (Phi) is 3.15. The molecule has 2 aromatic rings. The molecule has 0 aliphatic carbocycles. The predicted molar refractivity (Wildman–Crippen MR) is 66.6 cm³/mol. The maximum atomic E-state index is 12.8. The van der Waals surface area contributed by atoms with E-state index in [9.17, 15) is 4.39 Å². The van der Waals surface area contributed by atoms with Crippen LogP contribution in [-0.2, 0) is 0 Å². The molecule has 0 bridgehead atoms. The van der Waals surface area contributed by atoms with Gasteiger partial charge >= 0.3 is 0 Å². The van der Waals surface area contributed by atoms with E-state index < -0.39 is 5.95 Å². The molecule has 1 aromatic heterocycles. The van der Waals surface area contributed by atoms with Crippen molar-refractivity contribution in [2.45, 2.75) is 0 Å². The van der Waals surface area contributed by atoms with Crippen molar-refractivity contribution in [2.75, 3.05) is 5.32 Å². The van der Waals surface area contributed by atoms with Crippen LogP contribution in [0.3, 0.4) is 0 Å². The van der Waals surface area contributed by atoms with Crippen LogP contribution in [0.5, 0.6) is 0 Å². The second-order valence-corrected chi connectivity index (χ2v) is 4.24. The standard InChI is InChI=1S/C11H8FIN2/c12-11-7-10(5-6-14-11)15-9-3-1-8(13)2-4-9/h1-7H,(H,14,15). The fourth-order valence-electron chi connectivity index (χ4n) is 1.18. The van der Waals surface area contributed by atoms with Crippen LogP contribution in [0.15, 0.2) is 42.6 Å². The fourth-order valence-corrected chi connectivity index (χ4v) is 1.54. The summed E-state index contributed by atoms with van der Waals surface area (Å²) in [5, 5.41) is 3.09. The van der Waals surface area contributed by atoms with Crippen LogP contribution in [0.25, 0.3) is 0 Å². The Morgan fingerprint density at radius 2 is 1.80 bits per heavy atom. The third-order valence-electron chi connectivity index (χ3n) is 1.86. The molecule has 76 valence electrons. The summed E-state index contributed by atoms with van der Waals surface area (Å²) in [4.78, 5) is 3.49. The number of hydrogen-bond donors (Lipinski definition) is 1. The van der Waals surface area contributed by atoms with Crippen molar-refractivity contribution in [3.8, 4) is 0 Å². The Bertz CT molecular complexity index is 456. The van der Waals surface area contributed by atoms with Gasteiger partial charge in [0.05, 0.1) is 0 Å². The van der Waals surface area contributed by atoms with Crippen molar-refractivity contribution in [3.05, 3.63) is 52.1 Å². The molecule has 2 rings (SSSR count). The van der Waals surface area contributed by atoms with Crippen molar-refractivity contribution >= 4 is 34.0 Å². The van der Waals surface area contributed by atoms with E-state index in [0.717, 1.165) is 5.69 Å². The van der Waals surface area contributed by atoms with Gasteiger partial charge in [-0.2, -0.15) is 4.39 Å². The Hall–Kier alpha value is -1.17. The minimum Gasteiger partial charge on any atom is -0.355 e. The summed E-state index contributed by atoms with van der Waals surface area (Å²) in [5.41, 5.74) is 1.63. The van der Waals surface area contributed by atoms with Gasteiger partial charge in [-0.05, 0) is 52.9 Å². The van der Waals surface area contributed by atoms with Crippen LogP contribution in [0.1, 0.15) is 0 Å². The van der Waals surface area contributed by atoms with E-state index in [1.54, 1.807) is 6.07 Å². The normalized spacial score (nSPS) is 10.0. The minimum atomic E-state index is -0.481. The molecule has 0 amide bonds. The molecule has 0 aliphatic rings. The molecule has 4 heteroatoms. The Morgan fingerprint density at radius 3 is 2.47 bits per heavy atom. The molecule has 2 nitrogen and oxygen atoms in total. The number of rotatable bonds is 2. The van der Waals surface area contributed by atoms with Gasteiger partial charge in [0.25, 0.3) is 0 Å². The molecular weight excluding hydrogens is 306 g/mol. The number of aromatic nitrogens is 1. The summed E-state index contributed by atoms with van der Waals surface area (Å²) >= 11 is 2.24. The molecule has 0 saturated carbocycles. The van der Waals surface area contributed by atoms with E-state index in [4.69, 9.17) is 0 Å². The molecule has 1 aromatic carbocycles. The lowest BCUT2D eigenvalue weighted by Gasteiger charge is -2.05. The highest BCUT2D eigenvalue weighted by Crippen LogP contribution is 2.17. The number of hydrogen-bond acceptors (Lipinski definition) is 2. The lowest BCUT2D eigenvalue weighted by molar-refractivity contribution is 0.584. The van der Waals surface area contributed by atoms with Gasteiger partial charge < -0.3 is 5.32 Å². The Balaban J connectivity index is 2.18. The van der Waals surface area contributed by atoms with E-state index in [2.05, 4.69) is 32.9 Å². The summed E-state index contributed by atoms with van der Waals surface area (Å²) < 4.78 is 13.9. The van der Waals surface area contributed by atoms with Gasteiger partial charge in [-0.25, -0.2) is 4.98 Å². The fraction of sp³-hybridized carbons (Fsp3) is 0. The number of nitrogens with one attached hydrogen (secondary N) is 1. The summed E-state index contributed by atoms with van der Waals surface area (Å²) in [7, 11) is 0. The zero-order valence-corrected chi connectivity index (χ0v) is 9.90. The van der Waals surface area contributed by atoms with Gasteiger partial charge in [-0.1, -0.05) is 0 Å². The molecule has 0 atom stereocenters.